The highest BCUT2D eigenvalue weighted by Crippen LogP contribution is 2.26. The van der Waals surface area contributed by atoms with Crippen molar-refractivity contribution in [3.63, 3.8) is 0 Å². The summed E-state index contributed by atoms with van der Waals surface area (Å²) in [5, 5.41) is 12.0. The standard InChI is InChI=1S/C16H18FNO4/c1-9-11-8-10(17)4-5-12(11)22-14(9)15(21)18-16(2,3)7-6-13(19)20/h4-5,8H,6-7H2,1-3H3,(H,18,21)(H,19,20). The largest absolute Gasteiger partial charge is 0.481 e. The van der Waals surface area contributed by atoms with Gasteiger partial charge in [0.2, 0.25) is 0 Å². The lowest BCUT2D eigenvalue weighted by Crippen LogP contribution is -2.43. The number of furan rings is 1. The van der Waals surface area contributed by atoms with Gasteiger partial charge in [-0.15, -0.1) is 0 Å². The first-order chi connectivity index (χ1) is 10.2. The number of carbonyl (C=O) groups is 2. The van der Waals surface area contributed by atoms with Crippen molar-refractivity contribution in [3.8, 4) is 0 Å². The lowest BCUT2D eigenvalue weighted by Gasteiger charge is -2.25. The molecular weight excluding hydrogens is 289 g/mol. The molecule has 0 bridgehead atoms. The molecular formula is C16H18FNO4. The van der Waals surface area contributed by atoms with E-state index in [4.69, 9.17) is 9.52 Å². The molecule has 6 heteroatoms. The Morgan fingerprint density at radius 2 is 2.05 bits per heavy atom. The Labute approximate surface area is 127 Å². The topological polar surface area (TPSA) is 79.5 Å². The predicted octanol–water partition coefficient (Wildman–Crippen LogP) is 3.25. The number of hydrogen-bond acceptors (Lipinski definition) is 3. The summed E-state index contributed by atoms with van der Waals surface area (Å²) in [7, 11) is 0. The van der Waals surface area contributed by atoms with Crippen LogP contribution in [-0.4, -0.2) is 22.5 Å². The predicted molar refractivity (Wildman–Crippen MR) is 79.3 cm³/mol. The Morgan fingerprint density at radius 3 is 2.68 bits per heavy atom. The number of hydrogen-bond donors (Lipinski definition) is 2. The van der Waals surface area contributed by atoms with Gasteiger partial charge >= 0.3 is 5.97 Å². The number of aliphatic carboxylic acids is 1. The highest BCUT2D eigenvalue weighted by atomic mass is 19.1. The van der Waals surface area contributed by atoms with Crippen LogP contribution >= 0.6 is 0 Å². The normalized spacial score (nSPS) is 11.6. The Morgan fingerprint density at radius 1 is 1.36 bits per heavy atom. The number of rotatable bonds is 5. The maximum atomic E-state index is 13.3. The molecule has 1 aromatic carbocycles. The van der Waals surface area contributed by atoms with Gasteiger partial charge in [-0.3, -0.25) is 9.59 Å². The minimum absolute atomic E-state index is 0.0440. The summed E-state index contributed by atoms with van der Waals surface area (Å²) in [6.07, 6.45) is 0.250. The molecule has 0 unspecified atom stereocenters. The third-order valence-electron chi connectivity index (χ3n) is 3.52. The Balaban J connectivity index is 2.22. The molecule has 0 spiro atoms. The number of benzene rings is 1. The van der Waals surface area contributed by atoms with Crippen molar-refractivity contribution < 1.29 is 23.5 Å². The molecule has 2 rings (SSSR count). The molecule has 22 heavy (non-hydrogen) atoms. The second kappa shape index (κ2) is 5.79. The van der Waals surface area contributed by atoms with E-state index in [9.17, 15) is 14.0 Å². The molecule has 1 aromatic heterocycles. The van der Waals surface area contributed by atoms with Crippen LogP contribution in [0.3, 0.4) is 0 Å². The average molecular weight is 307 g/mol. The van der Waals surface area contributed by atoms with E-state index in [1.807, 2.05) is 0 Å². The molecule has 0 fully saturated rings. The summed E-state index contributed by atoms with van der Waals surface area (Å²) in [6.45, 7) is 5.17. The molecule has 5 nitrogen and oxygen atoms in total. The third kappa shape index (κ3) is 3.44. The fraction of sp³-hybridized carbons (Fsp3) is 0.375. The van der Waals surface area contributed by atoms with E-state index >= 15 is 0 Å². The van der Waals surface area contributed by atoms with Crippen LogP contribution in [0.2, 0.25) is 0 Å². The summed E-state index contributed by atoms with van der Waals surface area (Å²) in [4.78, 5) is 23.0. The number of fused-ring (bicyclic) bond motifs is 1. The second-order valence-corrected chi connectivity index (χ2v) is 5.93. The number of aryl methyl sites for hydroxylation is 1. The average Bonchev–Trinajstić information content (AvgIpc) is 2.74. The van der Waals surface area contributed by atoms with Crippen LogP contribution in [0.1, 0.15) is 42.8 Å². The molecule has 1 heterocycles. The Kier molecular flexibility index (Phi) is 4.21. The molecule has 2 aromatic rings. The molecule has 0 saturated heterocycles. The summed E-state index contributed by atoms with van der Waals surface area (Å²) in [6, 6.07) is 4.06. The first-order valence-corrected chi connectivity index (χ1v) is 6.92. The molecule has 2 N–H and O–H groups in total. The van der Waals surface area contributed by atoms with Crippen LogP contribution in [0.25, 0.3) is 11.0 Å². The van der Waals surface area contributed by atoms with E-state index in [2.05, 4.69) is 5.32 Å². The van der Waals surface area contributed by atoms with Crippen LogP contribution in [-0.2, 0) is 4.79 Å². The molecule has 0 atom stereocenters. The van der Waals surface area contributed by atoms with Gasteiger partial charge in [0.15, 0.2) is 5.76 Å². The molecule has 118 valence electrons. The van der Waals surface area contributed by atoms with Gasteiger partial charge in [0, 0.05) is 22.9 Å². The van der Waals surface area contributed by atoms with Gasteiger partial charge in [-0.05, 0) is 45.4 Å². The van der Waals surface area contributed by atoms with Crippen LogP contribution < -0.4 is 5.32 Å². The van der Waals surface area contributed by atoms with Crippen molar-refractivity contribution >= 4 is 22.8 Å². The zero-order valence-corrected chi connectivity index (χ0v) is 12.7. The van der Waals surface area contributed by atoms with Crippen LogP contribution in [0, 0.1) is 12.7 Å². The van der Waals surface area contributed by atoms with Gasteiger partial charge in [-0.2, -0.15) is 0 Å². The Bertz CT molecular complexity index is 733. The number of halogens is 1. The van der Waals surface area contributed by atoms with Crippen molar-refractivity contribution in [2.45, 2.75) is 39.2 Å². The monoisotopic (exact) mass is 307 g/mol. The molecule has 0 aliphatic carbocycles. The fourth-order valence-corrected chi connectivity index (χ4v) is 2.26. The first kappa shape index (κ1) is 16.0. The fourth-order valence-electron chi connectivity index (χ4n) is 2.26. The van der Waals surface area contributed by atoms with Crippen LogP contribution in [0.5, 0.6) is 0 Å². The van der Waals surface area contributed by atoms with Crippen molar-refractivity contribution in [2.75, 3.05) is 0 Å². The number of carboxylic acids is 1. The van der Waals surface area contributed by atoms with Crippen LogP contribution in [0.15, 0.2) is 22.6 Å². The van der Waals surface area contributed by atoms with Crippen molar-refractivity contribution in [3.05, 3.63) is 35.3 Å². The minimum Gasteiger partial charge on any atom is -0.481 e. The molecule has 0 aliphatic heterocycles. The highest BCUT2D eigenvalue weighted by molar-refractivity contribution is 5.99. The minimum atomic E-state index is -0.919. The van der Waals surface area contributed by atoms with E-state index < -0.39 is 23.2 Å². The summed E-state index contributed by atoms with van der Waals surface area (Å²) < 4.78 is 18.8. The summed E-state index contributed by atoms with van der Waals surface area (Å²) >= 11 is 0. The number of nitrogens with one attached hydrogen (secondary N) is 1. The van der Waals surface area contributed by atoms with Gasteiger partial charge in [-0.25, -0.2) is 4.39 Å². The maximum absolute atomic E-state index is 13.3. The first-order valence-electron chi connectivity index (χ1n) is 6.92. The van der Waals surface area contributed by atoms with Crippen molar-refractivity contribution in [2.24, 2.45) is 0 Å². The lowest BCUT2D eigenvalue weighted by molar-refractivity contribution is -0.137. The van der Waals surface area contributed by atoms with Gasteiger partial charge in [0.25, 0.3) is 5.91 Å². The zero-order valence-electron chi connectivity index (χ0n) is 12.7. The maximum Gasteiger partial charge on any atom is 0.303 e. The van der Waals surface area contributed by atoms with E-state index in [0.29, 0.717) is 23.0 Å². The zero-order chi connectivity index (χ0) is 16.5. The lowest BCUT2D eigenvalue weighted by atomic mass is 9.98. The van der Waals surface area contributed by atoms with Crippen LogP contribution in [0.4, 0.5) is 4.39 Å². The van der Waals surface area contributed by atoms with Gasteiger partial charge in [0.05, 0.1) is 0 Å². The van der Waals surface area contributed by atoms with Gasteiger partial charge in [0.1, 0.15) is 11.4 Å². The highest BCUT2D eigenvalue weighted by Gasteiger charge is 2.25. The van der Waals surface area contributed by atoms with E-state index in [-0.39, 0.29) is 12.2 Å². The third-order valence-corrected chi connectivity index (χ3v) is 3.52. The SMILES string of the molecule is Cc1c(C(=O)NC(C)(C)CCC(=O)O)oc2ccc(F)cc12. The smallest absolute Gasteiger partial charge is 0.303 e. The van der Waals surface area contributed by atoms with E-state index in [1.54, 1.807) is 20.8 Å². The molecule has 0 saturated carbocycles. The second-order valence-electron chi connectivity index (χ2n) is 5.93. The quantitative estimate of drug-likeness (QED) is 0.888. The van der Waals surface area contributed by atoms with Gasteiger partial charge < -0.3 is 14.8 Å². The summed E-state index contributed by atoms with van der Waals surface area (Å²) in [5.41, 5.74) is 0.306. The van der Waals surface area contributed by atoms with Crippen molar-refractivity contribution in [1.82, 2.24) is 5.32 Å². The van der Waals surface area contributed by atoms with E-state index in [0.717, 1.165) is 0 Å². The number of carbonyl (C=O) groups excluding carboxylic acids is 1. The Hall–Kier alpha value is -2.37. The van der Waals surface area contributed by atoms with Crippen molar-refractivity contribution in [1.29, 1.82) is 0 Å². The number of carboxylic acid groups (broad SMARTS) is 1. The summed E-state index contributed by atoms with van der Waals surface area (Å²) in [5.74, 6) is -1.64. The van der Waals surface area contributed by atoms with E-state index in [1.165, 1.54) is 18.2 Å². The number of amides is 1. The van der Waals surface area contributed by atoms with Gasteiger partial charge in [-0.1, -0.05) is 0 Å². The molecule has 0 aliphatic rings. The molecule has 0 radical (unpaired) electrons. The molecule has 1 amide bonds.